The zero-order valence-corrected chi connectivity index (χ0v) is 16.8. The molecule has 3 aromatic rings. The number of thioether (sulfide) groups is 1. The smallest absolute Gasteiger partial charge is 0.229 e. The van der Waals surface area contributed by atoms with Crippen molar-refractivity contribution in [3.05, 3.63) is 22.1 Å². The fourth-order valence-corrected chi connectivity index (χ4v) is 4.64. The van der Waals surface area contributed by atoms with Gasteiger partial charge in [0.25, 0.3) is 0 Å². The molecule has 25 heavy (non-hydrogen) atoms. The van der Waals surface area contributed by atoms with Crippen LogP contribution in [0.25, 0.3) is 10.2 Å². The lowest BCUT2D eigenvalue weighted by atomic mass is 10.2. The Morgan fingerprint density at radius 3 is 2.44 bits per heavy atom. The number of hydrogen-bond acceptors (Lipinski definition) is 9. The minimum Gasteiger partial charge on any atom is -0.368 e. The maximum Gasteiger partial charge on any atom is 0.229 e. The summed E-state index contributed by atoms with van der Waals surface area (Å²) in [5.74, 6) is 2.21. The van der Waals surface area contributed by atoms with Crippen LogP contribution in [0.1, 0.15) is 34.3 Å². The maximum atomic E-state index is 5.85. The molecule has 0 spiro atoms. The monoisotopic (exact) mass is 375 g/mol. The SMILES string of the molecule is Cc1nc(SC(C)c2nc(N)nc(N(C)C)n2)c2c(C)c(C)sc2n1. The van der Waals surface area contributed by atoms with Crippen molar-refractivity contribution in [3.63, 3.8) is 0 Å². The molecule has 0 aliphatic carbocycles. The van der Waals surface area contributed by atoms with Gasteiger partial charge in [-0.3, -0.25) is 0 Å². The zero-order chi connectivity index (χ0) is 18.3. The molecule has 9 heteroatoms. The Morgan fingerprint density at radius 1 is 1.04 bits per heavy atom. The fraction of sp³-hybridized carbons (Fsp3) is 0.438. The van der Waals surface area contributed by atoms with Gasteiger partial charge in [-0.1, -0.05) is 11.8 Å². The van der Waals surface area contributed by atoms with Crippen molar-refractivity contribution in [2.45, 2.75) is 38.0 Å². The molecule has 0 amide bonds. The van der Waals surface area contributed by atoms with E-state index in [2.05, 4.69) is 45.7 Å². The molecule has 132 valence electrons. The summed E-state index contributed by atoms with van der Waals surface area (Å²) in [6.45, 7) is 8.21. The molecular formula is C16H21N7S2. The Morgan fingerprint density at radius 2 is 1.76 bits per heavy atom. The van der Waals surface area contributed by atoms with Crippen LogP contribution in [0.3, 0.4) is 0 Å². The maximum absolute atomic E-state index is 5.85. The third-order valence-corrected chi connectivity index (χ3v) is 6.00. The van der Waals surface area contributed by atoms with Crippen LogP contribution in [0.15, 0.2) is 5.03 Å². The number of rotatable bonds is 4. The summed E-state index contributed by atoms with van der Waals surface area (Å²) in [6.07, 6.45) is 0. The average molecular weight is 376 g/mol. The van der Waals surface area contributed by atoms with E-state index in [1.165, 1.54) is 10.4 Å². The van der Waals surface area contributed by atoms with Crippen molar-refractivity contribution >= 4 is 45.2 Å². The topological polar surface area (TPSA) is 93.7 Å². The number of fused-ring (bicyclic) bond motifs is 1. The second kappa shape index (κ2) is 6.72. The van der Waals surface area contributed by atoms with Crippen LogP contribution in [0, 0.1) is 20.8 Å². The number of aryl methyl sites for hydroxylation is 3. The first-order chi connectivity index (χ1) is 11.8. The molecule has 0 bridgehead atoms. The summed E-state index contributed by atoms with van der Waals surface area (Å²) in [5.41, 5.74) is 7.08. The van der Waals surface area contributed by atoms with E-state index in [4.69, 9.17) is 5.73 Å². The highest BCUT2D eigenvalue weighted by Gasteiger charge is 2.19. The van der Waals surface area contributed by atoms with Crippen LogP contribution in [0.4, 0.5) is 11.9 Å². The van der Waals surface area contributed by atoms with Crippen LogP contribution in [0.5, 0.6) is 0 Å². The minimum atomic E-state index is -0.0129. The van der Waals surface area contributed by atoms with Gasteiger partial charge in [-0.15, -0.1) is 11.3 Å². The number of anilines is 2. The molecular weight excluding hydrogens is 354 g/mol. The van der Waals surface area contributed by atoms with E-state index in [1.54, 1.807) is 23.1 Å². The molecule has 1 atom stereocenters. The van der Waals surface area contributed by atoms with Crippen molar-refractivity contribution in [1.82, 2.24) is 24.9 Å². The van der Waals surface area contributed by atoms with Crippen molar-refractivity contribution in [2.75, 3.05) is 24.7 Å². The minimum absolute atomic E-state index is 0.0129. The van der Waals surface area contributed by atoms with Gasteiger partial charge in [-0.25, -0.2) is 9.97 Å². The van der Waals surface area contributed by atoms with Gasteiger partial charge < -0.3 is 10.6 Å². The molecule has 0 aromatic carbocycles. The third kappa shape index (κ3) is 3.52. The lowest BCUT2D eigenvalue weighted by molar-refractivity contribution is 0.862. The van der Waals surface area contributed by atoms with Crippen LogP contribution >= 0.6 is 23.1 Å². The van der Waals surface area contributed by atoms with E-state index in [0.717, 1.165) is 21.1 Å². The Balaban J connectivity index is 2.01. The Labute approximate surface area is 155 Å². The molecule has 0 aliphatic heterocycles. The predicted octanol–water partition coefficient (Wildman–Crippen LogP) is 3.30. The van der Waals surface area contributed by atoms with E-state index >= 15 is 0 Å². The summed E-state index contributed by atoms with van der Waals surface area (Å²) >= 11 is 3.33. The van der Waals surface area contributed by atoms with Crippen molar-refractivity contribution in [3.8, 4) is 0 Å². The Hall–Kier alpha value is -2.00. The highest BCUT2D eigenvalue weighted by Crippen LogP contribution is 2.40. The lowest BCUT2D eigenvalue weighted by Gasteiger charge is -2.15. The number of nitrogens with zero attached hydrogens (tertiary/aromatic N) is 6. The molecule has 7 nitrogen and oxygen atoms in total. The van der Waals surface area contributed by atoms with Crippen LogP contribution in [-0.2, 0) is 0 Å². The Bertz CT molecular complexity index is 936. The molecule has 0 aliphatic rings. The number of nitrogen functional groups attached to an aromatic ring is 1. The summed E-state index contributed by atoms with van der Waals surface area (Å²) in [4.78, 5) is 26.3. The van der Waals surface area contributed by atoms with Gasteiger partial charge in [-0.05, 0) is 33.3 Å². The Kier molecular flexibility index (Phi) is 4.79. The van der Waals surface area contributed by atoms with Gasteiger partial charge >= 0.3 is 0 Å². The second-order valence-electron chi connectivity index (χ2n) is 6.05. The first-order valence-corrected chi connectivity index (χ1v) is 9.55. The predicted molar refractivity (Wildman–Crippen MR) is 104 cm³/mol. The number of hydrogen-bond donors (Lipinski definition) is 1. The van der Waals surface area contributed by atoms with Gasteiger partial charge in [0.2, 0.25) is 11.9 Å². The molecule has 3 heterocycles. The summed E-state index contributed by atoms with van der Waals surface area (Å²) in [5, 5.41) is 2.07. The fourth-order valence-electron chi connectivity index (χ4n) is 2.40. The van der Waals surface area contributed by atoms with Crippen molar-refractivity contribution in [2.24, 2.45) is 0 Å². The van der Waals surface area contributed by atoms with Gasteiger partial charge in [0.1, 0.15) is 21.5 Å². The molecule has 0 saturated carbocycles. The van der Waals surface area contributed by atoms with E-state index < -0.39 is 0 Å². The third-order valence-electron chi connectivity index (χ3n) is 3.82. The number of aromatic nitrogens is 5. The molecule has 0 saturated heterocycles. The normalized spacial score (nSPS) is 12.6. The average Bonchev–Trinajstić information content (AvgIpc) is 2.81. The first kappa shape index (κ1) is 17.8. The standard InChI is InChI=1S/C16H21N7S2/c1-7-8(2)24-13-11(7)14(19-10(4)18-13)25-9(3)12-20-15(17)22-16(21-12)23(5)6/h9H,1-6H3,(H2,17,20,21,22). The zero-order valence-electron chi connectivity index (χ0n) is 15.2. The molecule has 3 rings (SSSR count). The highest BCUT2D eigenvalue weighted by atomic mass is 32.2. The molecule has 0 fully saturated rings. The summed E-state index contributed by atoms with van der Waals surface area (Å²) < 4.78 is 0. The van der Waals surface area contributed by atoms with Gasteiger partial charge in [-0.2, -0.15) is 15.0 Å². The van der Waals surface area contributed by atoms with Crippen LogP contribution in [0.2, 0.25) is 0 Å². The summed E-state index contributed by atoms with van der Waals surface area (Å²) in [6, 6.07) is 0. The van der Waals surface area contributed by atoms with Crippen LogP contribution in [-0.4, -0.2) is 39.0 Å². The quantitative estimate of drug-likeness (QED) is 0.548. The van der Waals surface area contributed by atoms with Crippen LogP contribution < -0.4 is 10.6 Å². The highest BCUT2D eigenvalue weighted by molar-refractivity contribution is 7.99. The van der Waals surface area contributed by atoms with E-state index in [9.17, 15) is 0 Å². The van der Waals surface area contributed by atoms with E-state index in [-0.39, 0.29) is 11.2 Å². The first-order valence-electron chi connectivity index (χ1n) is 7.86. The van der Waals surface area contributed by atoms with Gasteiger partial charge in [0, 0.05) is 24.4 Å². The molecule has 1 unspecified atom stereocenters. The van der Waals surface area contributed by atoms with E-state index in [0.29, 0.717) is 11.8 Å². The van der Waals surface area contributed by atoms with Gasteiger partial charge in [0.15, 0.2) is 0 Å². The lowest BCUT2D eigenvalue weighted by Crippen LogP contribution is -2.16. The molecule has 3 aromatic heterocycles. The van der Waals surface area contributed by atoms with E-state index in [1.807, 2.05) is 25.9 Å². The largest absolute Gasteiger partial charge is 0.368 e. The number of thiophene rings is 1. The number of nitrogens with two attached hydrogens (primary N) is 1. The molecule has 2 N–H and O–H groups in total. The van der Waals surface area contributed by atoms with Crippen molar-refractivity contribution < 1.29 is 0 Å². The van der Waals surface area contributed by atoms with Crippen molar-refractivity contribution in [1.29, 1.82) is 0 Å². The van der Waals surface area contributed by atoms with Gasteiger partial charge in [0.05, 0.1) is 5.25 Å². The summed E-state index contributed by atoms with van der Waals surface area (Å²) in [7, 11) is 3.76. The second-order valence-corrected chi connectivity index (χ2v) is 8.58. The molecule has 0 radical (unpaired) electrons.